The van der Waals surface area contributed by atoms with E-state index in [0.717, 1.165) is 10.6 Å². The highest BCUT2D eigenvalue weighted by Gasteiger charge is 2.09. The predicted molar refractivity (Wildman–Crippen MR) is 47.7 cm³/mol. The highest BCUT2D eigenvalue weighted by molar-refractivity contribution is 7.98. The molecule has 0 saturated carbocycles. The third kappa shape index (κ3) is 1.76. The maximum absolute atomic E-state index is 10.6. The van der Waals surface area contributed by atoms with Crippen LogP contribution in [0.2, 0.25) is 0 Å². The normalized spacial score (nSPS) is 9.83. The van der Waals surface area contributed by atoms with E-state index in [2.05, 4.69) is 4.98 Å². The van der Waals surface area contributed by atoms with Crippen LogP contribution in [0.15, 0.2) is 17.2 Å². The molecular formula is C8H9NO2S. The van der Waals surface area contributed by atoms with Gasteiger partial charge in [0.2, 0.25) is 0 Å². The molecular weight excluding hydrogens is 174 g/mol. The molecule has 1 N–H and O–H groups in total. The van der Waals surface area contributed by atoms with Crippen molar-refractivity contribution in [2.45, 2.75) is 11.8 Å². The van der Waals surface area contributed by atoms with Crippen LogP contribution < -0.4 is 0 Å². The van der Waals surface area contributed by atoms with Crippen molar-refractivity contribution >= 4 is 17.7 Å². The molecule has 0 aliphatic carbocycles. The Bertz CT molecular complexity index is 312. The van der Waals surface area contributed by atoms with Gasteiger partial charge in [-0.15, -0.1) is 11.8 Å². The second-order valence-electron chi connectivity index (χ2n) is 2.33. The number of aromatic carboxylic acids is 1. The lowest BCUT2D eigenvalue weighted by molar-refractivity contribution is 0.0692. The molecule has 64 valence electrons. The summed E-state index contributed by atoms with van der Waals surface area (Å²) >= 11 is 1.42. The van der Waals surface area contributed by atoms with Crippen LogP contribution in [0, 0.1) is 6.92 Å². The van der Waals surface area contributed by atoms with Gasteiger partial charge >= 0.3 is 5.97 Å². The van der Waals surface area contributed by atoms with E-state index in [1.807, 2.05) is 13.2 Å². The lowest BCUT2D eigenvalue weighted by Crippen LogP contribution is -2.00. The van der Waals surface area contributed by atoms with Gasteiger partial charge in [0.25, 0.3) is 0 Å². The van der Waals surface area contributed by atoms with Crippen LogP contribution in [0.25, 0.3) is 0 Å². The molecule has 1 rings (SSSR count). The lowest BCUT2D eigenvalue weighted by Gasteiger charge is -2.02. The van der Waals surface area contributed by atoms with Gasteiger partial charge in [0.05, 0.1) is 5.56 Å². The summed E-state index contributed by atoms with van der Waals surface area (Å²) in [5.41, 5.74) is 1.11. The molecule has 1 heterocycles. The second-order valence-corrected chi connectivity index (χ2v) is 3.18. The van der Waals surface area contributed by atoms with E-state index in [0.29, 0.717) is 0 Å². The van der Waals surface area contributed by atoms with Crippen molar-refractivity contribution in [1.82, 2.24) is 4.98 Å². The van der Waals surface area contributed by atoms with Crippen LogP contribution in [-0.2, 0) is 0 Å². The Morgan fingerprint density at radius 2 is 2.33 bits per heavy atom. The van der Waals surface area contributed by atoms with Crippen molar-refractivity contribution in [2.75, 3.05) is 6.26 Å². The van der Waals surface area contributed by atoms with Gasteiger partial charge in [-0.3, -0.25) is 4.98 Å². The third-order valence-electron chi connectivity index (χ3n) is 1.45. The average molecular weight is 183 g/mol. The summed E-state index contributed by atoms with van der Waals surface area (Å²) in [6, 6.07) is 1.77. The van der Waals surface area contributed by atoms with E-state index < -0.39 is 5.97 Å². The minimum atomic E-state index is -0.924. The van der Waals surface area contributed by atoms with Crippen molar-refractivity contribution in [3.05, 3.63) is 23.5 Å². The SMILES string of the molecule is CSc1cc(C)ncc1C(=O)O. The Kier molecular flexibility index (Phi) is 2.70. The van der Waals surface area contributed by atoms with Crippen molar-refractivity contribution < 1.29 is 9.90 Å². The molecule has 0 spiro atoms. The third-order valence-corrected chi connectivity index (χ3v) is 2.23. The summed E-state index contributed by atoms with van der Waals surface area (Å²) in [5.74, 6) is -0.924. The number of carbonyl (C=O) groups is 1. The summed E-state index contributed by atoms with van der Waals surface area (Å²) in [5, 5.41) is 8.73. The number of nitrogens with zero attached hydrogens (tertiary/aromatic N) is 1. The molecule has 0 unspecified atom stereocenters. The van der Waals surface area contributed by atoms with E-state index in [-0.39, 0.29) is 5.56 Å². The van der Waals surface area contributed by atoms with Crippen molar-refractivity contribution in [3.8, 4) is 0 Å². The van der Waals surface area contributed by atoms with Crippen LogP contribution >= 0.6 is 11.8 Å². The van der Waals surface area contributed by atoms with Gasteiger partial charge in [0.1, 0.15) is 0 Å². The number of pyridine rings is 1. The Labute approximate surface area is 74.8 Å². The van der Waals surface area contributed by atoms with E-state index in [9.17, 15) is 4.79 Å². The summed E-state index contributed by atoms with van der Waals surface area (Å²) in [4.78, 5) is 15.3. The summed E-state index contributed by atoms with van der Waals surface area (Å²) < 4.78 is 0. The van der Waals surface area contributed by atoms with Gasteiger partial charge in [-0.1, -0.05) is 0 Å². The number of hydrogen-bond acceptors (Lipinski definition) is 3. The quantitative estimate of drug-likeness (QED) is 0.710. The van der Waals surface area contributed by atoms with Crippen molar-refractivity contribution in [1.29, 1.82) is 0 Å². The molecule has 1 aromatic rings. The molecule has 0 saturated heterocycles. The molecule has 0 aliphatic rings. The van der Waals surface area contributed by atoms with Gasteiger partial charge in [0.15, 0.2) is 0 Å². The first-order valence-corrected chi connectivity index (χ1v) is 4.61. The zero-order valence-corrected chi connectivity index (χ0v) is 7.68. The van der Waals surface area contributed by atoms with Gasteiger partial charge < -0.3 is 5.11 Å². The van der Waals surface area contributed by atoms with Gasteiger partial charge in [-0.05, 0) is 19.2 Å². The number of hydrogen-bond donors (Lipinski definition) is 1. The van der Waals surface area contributed by atoms with Crippen LogP contribution in [-0.4, -0.2) is 22.3 Å². The summed E-state index contributed by atoms with van der Waals surface area (Å²) in [6.45, 7) is 1.84. The van der Waals surface area contributed by atoms with Gasteiger partial charge in [0, 0.05) is 16.8 Å². The van der Waals surface area contributed by atoms with Crippen LogP contribution in [0.4, 0.5) is 0 Å². The fourth-order valence-electron chi connectivity index (χ4n) is 0.864. The first-order chi connectivity index (χ1) is 5.65. The number of aryl methyl sites for hydroxylation is 1. The first kappa shape index (κ1) is 9.06. The van der Waals surface area contributed by atoms with Crippen molar-refractivity contribution in [3.63, 3.8) is 0 Å². The molecule has 0 bridgehead atoms. The zero-order valence-electron chi connectivity index (χ0n) is 6.87. The zero-order chi connectivity index (χ0) is 9.14. The van der Waals surface area contributed by atoms with E-state index in [1.54, 1.807) is 6.07 Å². The Hall–Kier alpha value is -1.03. The van der Waals surface area contributed by atoms with E-state index in [1.165, 1.54) is 18.0 Å². The van der Waals surface area contributed by atoms with E-state index in [4.69, 9.17) is 5.11 Å². The average Bonchev–Trinajstić information content (AvgIpc) is 2.03. The molecule has 0 radical (unpaired) electrons. The molecule has 0 aromatic carbocycles. The Balaban J connectivity index is 3.20. The minimum absolute atomic E-state index is 0.271. The molecule has 0 amide bonds. The fourth-order valence-corrected chi connectivity index (χ4v) is 1.51. The molecule has 0 aliphatic heterocycles. The molecule has 12 heavy (non-hydrogen) atoms. The fraction of sp³-hybridized carbons (Fsp3) is 0.250. The molecule has 0 atom stereocenters. The van der Waals surface area contributed by atoms with Gasteiger partial charge in [-0.2, -0.15) is 0 Å². The number of rotatable bonds is 2. The topological polar surface area (TPSA) is 50.2 Å². The van der Waals surface area contributed by atoms with Gasteiger partial charge in [-0.25, -0.2) is 4.79 Å². The Morgan fingerprint density at radius 3 is 2.83 bits per heavy atom. The number of aromatic nitrogens is 1. The molecule has 1 aromatic heterocycles. The second kappa shape index (κ2) is 3.58. The standard InChI is InChI=1S/C8H9NO2S/c1-5-3-7(12-2)6(4-9-5)8(10)11/h3-4H,1-2H3,(H,10,11). The smallest absolute Gasteiger partial charge is 0.338 e. The maximum atomic E-state index is 10.6. The predicted octanol–water partition coefficient (Wildman–Crippen LogP) is 1.81. The lowest BCUT2D eigenvalue weighted by atomic mass is 10.2. The van der Waals surface area contributed by atoms with E-state index >= 15 is 0 Å². The monoisotopic (exact) mass is 183 g/mol. The molecule has 0 fully saturated rings. The van der Waals surface area contributed by atoms with Crippen molar-refractivity contribution in [2.24, 2.45) is 0 Å². The van der Waals surface area contributed by atoms with Crippen LogP contribution in [0.3, 0.4) is 0 Å². The number of thioether (sulfide) groups is 1. The molecule has 3 nitrogen and oxygen atoms in total. The van der Waals surface area contributed by atoms with Crippen LogP contribution in [0.1, 0.15) is 16.1 Å². The largest absolute Gasteiger partial charge is 0.478 e. The highest BCUT2D eigenvalue weighted by atomic mass is 32.2. The Morgan fingerprint density at radius 1 is 1.67 bits per heavy atom. The molecule has 4 heteroatoms. The summed E-state index contributed by atoms with van der Waals surface area (Å²) in [6.07, 6.45) is 3.24. The minimum Gasteiger partial charge on any atom is -0.478 e. The summed E-state index contributed by atoms with van der Waals surface area (Å²) in [7, 11) is 0. The first-order valence-electron chi connectivity index (χ1n) is 3.39. The number of carboxylic acids is 1. The number of carboxylic acid groups (broad SMARTS) is 1. The van der Waals surface area contributed by atoms with Crippen LogP contribution in [0.5, 0.6) is 0 Å². The highest BCUT2D eigenvalue weighted by Crippen LogP contribution is 2.19. The maximum Gasteiger partial charge on any atom is 0.338 e.